The summed E-state index contributed by atoms with van der Waals surface area (Å²) in [5.74, 6) is 0.400. The van der Waals surface area contributed by atoms with Crippen molar-refractivity contribution >= 4 is 17.5 Å². The van der Waals surface area contributed by atoms with E-state index in [1.54, 1.807) is 18.2 Å². The van der Waals surface area contributed by atoms with Crippen LogP contribution in [0.25, 0.3) is 0 Å². The Morgan fingerprint density at radius 3 is 2.60 bits per heavy atom. The molecule has 0 aliphatic rings. The Morgan fingerprint density at radius 2 is 1.90 bits per heavy atom. The van der Waals surface area contributed by atoms with Crippen molar-refractivity contribution in [2.75, 3.05) is 7.05 Å². The largest absolute Gasteiger partial charge is 0.456 e. The molecule has 104 valence electrons. The standard InChI is InChI=1S/C15H15ClN2O2/c1-18-9-10-5-2-3-7-12(10)20-13-8-4-6-11(16)14(13)15(17)19/h2-8,18H,9H2,1H3,(H2,17,19). The highest BCUT2D eigenvalue weighted by Crippen LogP contribution is 2.31. The quantitative estimate of drug-likeness (QED) is 0.890. The molecular weight excluding hydrogens is 276 g/mol. The third-order valence-electron chi connectivity index (χ3n) is 2.78. The predicted octanol–water partition coefficient (Wildman–Crippen LogP) is 2.95. The number of ether oxygens (including phenoxy) is 1. The van der Waals surface area contributed by atoms with Crippen LogP contribution in [0.1, 0.15) is 15.9 Å². The van der Waals surface area contributed by atoms with Crippen LogP contribution >= 0.6 is 11.6 Å². The SMILES string of the molecule is CNCc1ccccc1Oc1cccc(Cl)c1C(N)=O. The minimum Gasteiger partial charge on any atom is -0.456 e. The van der Waals surface area contributed by atoms with E-state index in [1.165, 1.54) is 0 Å². The van der Waals surface area contributed by atoms with Gasteiger partial charge in [0.05, 0.1) is 5.02 Å². The molecular formula is C15H15ClN2O2. The van der Waals surface area contributed by atoms with E-state index in [1.807, 2.05) is 31.3 Å². The first-order chi connectivity index (χ1) is 9.63. The summed E-state index contributed by atoms with van der Waals surface area (Å²) in [7, 11) is 1.85. The van der Waals surface area contributed by atoms with Crippen LogP contribution in [0.5, 0.6) is 11.5 Å². The lowest BCUT2D eigenvalue weighted by Gasteiger charge is -2.13. The monoisotopic (exact) mass is 290 g/mol. The van der Waals surface area contributed by atoms with Gasteiger partial charge in [-0.15, -0.1) is 0 Å². The van der Waals surface area contributed by atoms with Crippen LogP contribution in [0.3, 0.4) is 0 Å². The Bertz CT molecular complexity index is 629. The molecule has 0 radical (unpaired) electrons. The summed E-state index contributed by atoms with van der Waals surface area (Å²) in [4.78, 5) is 11.5. The third-order valence-corrected chi connectivity index (χ3v) is 3.10. The fourth-order valence-electron chi connectivity index (χ4n) is 1.89. The maximum Gasteiger partial charge on any atom is 0.254 e. The molecule has 0 saturated heterocycles. The summed E-state index contributed by atoms with van der Waals surface area (Å²) in [6.45, 7) is 0.655. The van der Waals surface area contributed by atoms with Crippen LogP contribution < -0.4 is 15.8 Å². The van der Waals surface area contributed by atoms with Crippen LogP contribution in [0, 0.1) is 0 Å². The predicted molar refractivity (Wildman–Crippen MR) is 79.2 cm³/mol. The molecule has 0 spiro atoms. The molecule has 0 aliphatic heterocycles. The van der Waals surface area contributed by atoms with Gasteiger partial charge in [-0.1, -0.05) is 35.9 Å². The number of carbonyl (C=O) groups is 1. The van der Waals surface area contributed by atoms with E-state index in [9.17, 15) is 4.79 Å². The number of rotatable bonds is 5. The zero-order valence-corrected chi connectivity index (χ0v) is 11.8. The van der Waals surface area contributed by atoms with Gasteiger partial charge >= 0.3 is 0 Å². The molecule has 0 fully saturated rings. The Hall–Kier alpha value is -2.04. The second kappa shape index (κ2) is 6.41. The van der Waals surface area contributed by atoms with Gasteiger partial charge in [0.2, 0.25) is 0 Å². The summed E-state index contributed by atoms with van der Waals surface area (Å²) < 4.78 is 5.81. The average Bonchev–Trinajstić information content (AvgIpc) is 2.41. The number of nitrogens with two attached hydrogens (primary N) is 1. The molecule has 0 atom stereocenters. The van der Waals surface area contributed by atoms with E-state index in [0.29, 0.717) is 18.0 Å². The van der Waals surface area contributed by atoms with Crippen LogP contribution in [0.4, 0.5) is 0 Å². The summed E-state index contributed by atoms with van der Waals surface area (Å²) >= 11 is 6.00. The molecule has 0 bridgehead atoms. The van der Waals surface area contributed by atoms with Crippen LogP contribution in [-0.4, -0.2) is 13.0 Å². The minimum absolute atomic E-state index is 0.188. The molecule has 0 saturated carbocycles. The number of hydrogen-bond acceptors (Lipinski definition) is 3. The number of nitrogens with one attached hydrogen (secondary N) is 1. The summed E-state index contributed by atoms with van der Waals surface area (Å²) in [5, 5.41) is 3.34. The first kappa shape index (κ1) is 14.4. The Morgan fingerprint density at radius 1 is 1.20 bits per heavy atom. The highest BCUT2D eigenvalue weighted by atomic mass is 35.5. The fraction of sp³-hybridized carbons (Fsp3) is 0.133. The first-order valence-corrected chi connectivity index (χ1v) is 6.50. The van der Waals surface area contributed by atoms with Crippen molar-refractivity contribution in [2.45, 2.75) is 6.54 Å². The Labute approximate surface area is 122 Å². The van der Waals surface area contributed by atoms with Crippen molar-refractivity contribution in [3.63, 3.8) is 0 Å². The van der Waals surface area contributed by atoms with Gasteiger partial charge < -0.3 is 15.8 Å². The van der Waals surface area contributed by atoms with Crippen LogP contribution in [-0.2, 0) is 6.54 Å². The van der Waals surface area contributed by atoms with Gasteiger partial charge in [0.25, 0.3) is 5.91 Å². The van der Waals surface area contributed by atoms with E-state index in [-0.39, 0.29) is 10.6 Å². The number of primary amides is 1. The Balaban J connectivity index is 2.40. The number of amides is 1. The Kier molecular flexibility index (Phi) is 4.61. The van der Waals surface area contributed by atoms with Crippen LogP contribution in [0.15, 0.2) is 42.5 Å². The van der Waals surface area contributed by atoms with Gasteiger partial charge in [0, 0.05) is 12.1 Å². The highest BCUT2D eigenvalue weighted by molar-refractivity contribution is 6.34. The fourth-order valence-corrected chi connectivity index (χ4v) is 2.15. The van der Waals surface area contributed by atoms with Gasteiger partial charge in [-0.05, 0) is 25.2 Å². The van der Waals surface area contributed by atoms with Crippen LogP contribution in [0.2, 0.25) is 5.02 Å². The van der Waals surface area contributed by atoms with Crippen molar-refractivity contribution in [3.8, 4) is 11.5 Å². The van der Waals surface area contributed by atoms with Crippen molar-refractivity contribution in [2.24, 2.45) is 5.73 Å². The lowest BCUT2D eigenvalue weighted by Crippen LogP contribution is -2.13. The molecule has 2 rings (SSSR count). The highest BCUT2D eigenvalue weighted by Gasteiger charge is 2.15. The maximum absolute atomic E-state index is 11.5. The molecule has 4 nitrogen and oxygen atoms in total. The van der Waals surface area contributed by atoms with E-state index in [0.717, 1.165) is 5.56 Å². The van der Waals surface area contributed by atoms with Crippen molar-refractivity contribution in [1.82, 2.24) is 5.32 Å². The second-order valence-electron chi connectivity index (χ2n) is 4.22. The van der Waals surface area contributed by atoms with E-state index in [2.05, 4.69) is 5.32 Å². The van der Waals surface area contributed by atoms with E-state index < -0.39 is 5.91 Å². The smallest absolute Gasteiger partial charge is 0.254 e. The van der Waals surface area contributed by atoms with Gasteiger partial charge in [0.15, 0.2) is 0 Å². The maximum atomic E-state index is 11.5. The molecule has 0 aliphatic carbocycles. The average molecular weight is 291 g/mol. The number of hydrogen-bond donors (Lipinski definition) is 2. The summed E-state index contributed by atoms with van der Waals surface area (Å²) in [6, 6.07) is 12.6. The first-order valence-electron chi connectivity index (χ1n) is 6.12. The molecule has 2 aromatic carbocycles. The van der Waals surface area contributed by atoms with Gasteiger partial charge in [-0.2, -0.15) is 0 Å². The van der Waals surface area contributed by atoms with Gasteiger partial charge in [0.1, 0.15) is 17.1 Å². The molecule has 20 heavy (non-hydrogen) atoms. The summed E-state index contributed by atoms with van der Waals surface area (Å²) in [6.07, 6.45) is 0. The van der Waals surface area contributed by atoms with Crippen molar-refractivity contribution in [3.05, 3.63) is 58.6 Å². The number of halogens is 1. The molecule has 0 unspecified atom stereocenters. The van der Waals surface area contributed by atoms with Gasteiger partial charge in [-0.3, -0.25) is 4.79 Å². The summed E-state index contributed by atoms with van der Waals surface area (Å²) in [5.41, 5.74) is 6.52. The lowest BCUT2D eigenvalue weighted by atomic mass is 10.1. The zero-order valence-electron chi connectivity index (χ0n) is 11.0. The van der Waals surface area contributed by atoms with E-state index >= 15 is 0 Å². The lowest BCUT2D eigenvalue weighted by molar-refractivity contribution is 0.0998. The molecule has 1 amide bonds. The molecule has 5 heteroatoms. The van der Waals surface area contributed by atoms with Crippen molar-refractivity contribution in [1.29, 1.82) is 0 Å². The molecule has 0 heterocycles. The van der Waals surface area contributed by atoms with E-state index in [4.69, 9.17) is 22.1 Å². The third kappa shape index (κ3) is 3.10. The van der Waals surface area contributed by atoms with Crippen molar-refractivity contribution < 1.29 is 9.53 Å². The molecule has 0 aromatic heterocycles. The number of para-hydroxylation sites is 1. The molecule has 3 N–H and O–H groups in total. The minimum atomic E-state index is -0.614. The molecule has 2 aromatic rings. The zero-order chi connectivity index (χ0) is 14.5. The number of benzene rings is 2. The normalized spacial score (nSPS) is 10.3. The second-order valence-corrected chi connectivity index (χ2v) is 4.62. The van der Waals surface area contributed by atoms with Gasteiger partial charge in [-0.25, -0.2) is 0 Å². The topological polar surface area (TPSA) is 64.3 Å². The number of carbonyl (C=O) groups excluding carboxylic acids is 1.